The average Bonchev–Trinajstić information content (AvgIpc) is 3.07. The first kappa shape index (κ1) is 26.9. The number of rotatable bonds is 10. The molecule has 0 bridgehead atoms. The van der Waals surface area contributed by atoms with Crippen molar-refractivity contribution in [3.8, 4) is 0 Å². The van der Waals surface area contributed by atoms with Crippen molar-refractivity contribution in [3.63, 3.8) is 0 Å². The van der Waals surface area contributed by atoms with Gasteiger partial charge in [-0.25, -0.2) is 8.42 Å². The second kappa shape index (κ2) is 11.1. The smallest absolute Gasteiger partial charge is 0.265 e. The molecule has 3 aromatic carbocycles. The lowest BCUT2D eigenvalue weighted by Gasteiger charge is -2.31. The molecule has 1 heterocycles. The number of sulfonamides is 1. The number of benzene rings is 3. The summed E-state index contributed by atoms with van der Waals surface area (Å²) in [4.78, 5) is 28.4. The molecule has 1 aliphatic rings. The first-order valence-corrected chi connectivity index (χ1v) is 14.3. The quantitative estimate of drug-likeness (QED) is 0.386. The number of hydrogen-bond donors (Lipinski definition) is 1. The van der Waals surface area contributed by atoms with Crippen LogP contribution >= 0.6 is 11.6 Å². The number of nitrogens with one attached hydrogen (secondary N) is 1. The SMILES string of the molecule is CC[C@@H](C(=O)NC(C)C)N(Cc1ccccc1Cl)C(=O)CCCN1c2cccc3cccc(c23)S1(=O)=O. The maximum absolute atomic E-state index is 13.5. The minimum Gasteiger partial charge on any atom is -0.352 e. The molecule has 9 heteroatoms. The summed E-state index contributed by atoms with van der Waals surface area (Å²) in [5, 5.41) is 5.01. The average molecular weight is 542 g/mol. The lowest BCUT2D eigenvalue weighted by molar-refractivity contribution is -0.141. The topological polar surface area (TPSA) is 86.8 Å². The molecule has 0 fully saturated rings. The Balaban J connectivity index is 1.53. The molecule has 1 aliphatic heterocycles. The van der Waals surface area contributed by atoms with Crippen LogP contribution in [-0.4, -0.2) is 43.8 Å². The third-order valence-corrected chi connectivity index (χ3v) is 8.77. The van der Waals surface area contributed by atoms with Gasteiger partial charge in [-0.1, -0.05) is 61.0 Å². The fourth-order valence-corrected chi connectivity index (χ4v) is 6.77. The van der Waals surface area contributed by atoms with Crippen molar-refractivity contribution in [2.24, 2.45) is 0 Å². The Labute approximate surface area is 223 Å². The highest BCUT2D eigenvalue weighted by atomic mass is 35.5. The van der Waals surface area contributed by atoms with E-state index in [1.54, 1.807) is 29.2 Å². The molecule has 0 aromatic heterocycles. The van der Waals surface area contributed by atoms with Gasteiger partial charge in [-0.2, -0.15) is 0 Å². The molecule has 0 radical (unpaired) electrons. The molecule has 1 N–H and O–H groups in total. The summed E-state index contributed by atoms with van der Waals surface area (Å²) in [5.41, 5.74) is 1.38. The van der Waals surface area contributed by atoms with Crippen LogP contribution in [0.1, 0.15) is 45.6 Å². The Hall–Kier alpha value is -3.10. The van der Waals surface area contributed by atoms with Gasteiger partial charge in [0.05, 0.1) is 10.6 Å². The molecular weight excluding hydrogens is 510 g/mol. The lowest BCUT2D eigenvalue weighted by Crippen LogP contribution is -2.50. The number of carbonyl (C=O) groups excluding carboxylic acids is 2. The second-order valence-electron chi connectivity index (χ2n) is 9.51. The van der Waals surface area contributed by atoms with E-state index in [0.29, 0.717) is 33.8 Å². The molecule has 0 saturated carbocycles. The van der Waals surface area contributed by atoms with Crippen LogP contribution in [0.15, 0.2) is 65.6 Å². The van der Waals surface area contributed by atoms with Crippen molar-refractivity contribution in [1.82, 2.24) is 10.2 Å². The molecule has 4 rings (SSSR count). The predicted molar refractivity (Wildman–Crippen MR) is 147 cm³/mol. The van der Waals surface area contributed by atoms with Crippen molar-refractivity contribution in [2.75, 3.05) is 10.8 Å². The number of anilines is 1. The molecule has 1 atom stereocenters. The molecule has 7 nitrogen and oxygen atoms in total. The maximum Gasteiger partial charge on any atom is 0.265 e. The minimum absolute atomic E-state index is 0.0662. The standard InChI is InChI=1S/C28H32ClN3O4S/c1-4-23(28(34)30-19(2)3)31(18-21-10-5-6-13-22(21)29)26(33)16-9-17-32-24-14-7-11-20-12-8-15-25(27(20)24)37(32,35)36/h5-8,10-15,19,23H,4,9,16-18H2,1-3H3,(H,30,34)/t23-/m0/s1. The number of amides is 2. The highest BCUT2D eigenvalue weighted by molar-refractivity contribution is 7.93. The van der Waals surface area contributed by atoms with Gasteiger partial charge < -0.3 is 10.2 Å². The van der Waals surface area contributed by atoms with Crippen LogP contribution in [-0.2, 0) is 26.2 Å². The Bertz CT molecular complexity index is 1420. The molecule has 3 aromatic rings. The third-order valence-electron chi connectivity index (χ3n) is 6.55. The largest absolute Gasteiger partial charge is 0.352 e. The summed E-state index contributed by atoms with van der Waals surface area (Å²) in [5.74, 6) is -0.444. The van der Waals surface area contributed by atoms with E-state index in [2.05, 4.69) is 5.32 Å². The molecule has 0 spiro atoms. The van der Waals surface area contributed by atoms with Gasteiger partial charge in [0.15, 0.2) is 0 Å². The van der Waals surface area contributed by atoms with Crippen molar-refractivity contribution in [1.29, 1.82) is 0 Å². The van der Waals surface area contributed by atoms with Gasteiger partial charge >= 0.3 is 0 Å². The van der Waals surface area contributed by atoms with Gasteiger partial charge in [-0.3, -0.25) is 13.9 Å². The van der Waals surface area contributed by atoms with Crippen molar-refractivity contribution >= 4 is 49.9 Å². The summed E-state index contributed by atoms with van der Waals surface area (Å²) in [6, 6.07) is 17.3. The first-order chi connectivity index (χ1) is 17.6. The van der Waals surface area contributed by atoms with E-state index >= 15 is 0 Å². The van der Waals surface area contributed by atoms with E-state index < -0.39 is 16.1 Å². The van der Waals surface area contributed by atoms with Crippen LogP contribution in [0.3, 0.4) is 0 Å². The zero-order valence-electron chi connectivity index (χ0n) is 21.3. The van der Waals surface area contributed by atoms with Gasteiger partial charge in [0, 0.05) is 36.0 Å². The van der Waals surface area contributed by atoms with Gasteiger partial charge in [0.25, 0.3) is 10.0 Å². The maximum atomic E-state index is 13.5. The van der Waals surface area contributed by atoms with Gasteiger partial charge in [-0.15, -0.1) is 0 Å². The fraction of sp³-hybridized carbons (Fsp3) is 0.357. The van der Waals surface area contributed by atoms with Crippen LogP contribution in [0.25, 0.3) is 10.8 Å². The lowest BCUT2D eigenvalue weighted by atomic mass is 10.1. The molecule has 196 valence electrons. The zero-order chi connectivity index (χ0) is 26.7. The highest BCUT2D eigenvalue weighted by Gasteiger charge is 2.35. The number of hydrogen-bond acceptors (Lipinski definition) is 4. The molecular formula is C28H32ClN3O4S. The summed E-state index contributed by atoms with van der Waals surface area (Å²) in [6.45, 7) is 5.97. The predicted octanol–water partition coefficient (Wildman–Crippen LogP) is 5.11. The molecule has 37 heavy (non-hydrogen) atoms. The van der Waals surface area contributed by atoms with Gasteiger partial charge in [-0.05, 0) is 55.8 Å². The van der Waals surface area contributed by atoms with E-state index in [1.807, 2.05) is 57.2 Å². The fourth-order valence-electron chi connectivity index (χ4n) is 4.83. The van der Waals surface area contributed by atoms with Crippen LogP contribution in [0.4, 0.5) is 5.69 Å². The normalized spacial score (nSPS) is 14.7. The first-order valence-electron chi connectivity index (χ1n) is 12.5. The van der Waals surface area contributed by atoms with Crippen molar-refractivity contribution < 1.29 is 18.0 Å². The summed E-state index contributed by atoms with van der Waals surface area (Å²) >= 11 is 6.38. The summed E-state index contributed by atoms with van der Waals surface area (Å²) in [6.07, 6.45) is 0.838. The third kappa shape index (κ3) is 5.45. The van der Waals surface area contributed by atoms with Crippen LogP contribution < -0.4 is 9.62 Å². The number of nitrogens with zero attached hydrogens (tertiary/aromatic N) is 2. The van der Waals surface area contributed by atoms with Gasteiger partial charge in [0.1, 0.15) is 6.04 Å². The Morgan fingerprint density at radius 2 is 1.73 bits per heavy atom. The van der Waals surface area contributed by atoms with Crippen molar-refractivity contribution in [2.45, 2.75) is 63.6 Å². The Kier molecular flexibility index (Phi) is 8.09. The second-order valence-corrected chi connectivity index (χ2v) is 11.8. The van der Waals surface area contributed by atoms with E-state index in [-0.39, 0.29) is 37.4 Å². The van der Waals surface area contributed by atoms with E-state index in [1.165, 1.54) is 4.31 Å². The Morgan fingerprint density at radius 1 is 1.03 bits per heavy atom. The van der Waals surface area contributed by atoms with Crippen LogP contribution in [0.5, 0.6) is 0 Å². The minimum atomic E-state index is -3.69. The van der Waals surface area contributed by atoms with E-state index in [9.17, 15) is 18.0 Å². The summed E-state index contributed by atoms with van der Waals surface area (Å²) < 4.78 is 27.9. The molecule has 0 unspecified atom stereocenters. The van der Waals surface area contributed by atoms with Crippen LogP contribution in [0.2, 0.25) is 5.02 Å². The van der Waals surface area contributed by atoms with Crippen LogP contribution in [0, 0.1) is 0 Å². The van der Waals surface area contributed by atoms with Crippen molar-refractivity contribution in [3.05, 3.63) is 71.2 Å². The molecule has 0 aliphatic carbocycles. The highest BCUT2D eigenvalue weighted by Crippen LogP contribution is 2.42. The number of halogens is 1. The molecule has 2 amide bonds. The molecule has 0 saturated heterocycles. The summed E-state index contributed by atoms with van der Waals surface area (Å²) in [7, 11) is -3.69. The monoisotopic (exact) mass is 541 g/mol. The number of carbonyl (C=O) groups is 2. The Morgan fingerprint density at radius 3 is 2.41 bits per heavy atom. The van der Waals surface area contributed by atoms with Gasteiger partial charge in [0.2, 0.25) is 11.8 Å². The van der Waals surface area contributed by atoms with E-state index in [0.717, 1.165) is 10.9 Å². The van der Waals surface area contributed by atoms with E-state index in [4.69, 9.17) is 11.6 Å². The zero-order valence-corrected chi connectivity index (χ0v) is 22.8.